The number of aliphatic hydroxyl groups is 1. The van der Waals surface area contributed by atoms with Gasteiger partial charge in [0.25, 0.3) is 12.3 Å². The first-order valence-corrected chi connectivity index (χ1v) is 23.0. The number of rotatable bonds is 14. The molecule has 3 aliphatic heterocycles. The van der Waals surface area contributed by atoms with Crippen LogP contribution in [0.5, 0.6) is 0 Å². The molecule has 2 aliphatic carbocycles. The number of imide groups is 1. The smallest absolute Gasteiger partial charge is 0.284 e. The van der Waals surface area contributed by atoms with Gasteiger partial charge in [-0.15, -0.1) is 0 Å². The summed E-state index contributed by atoms with van der Waals surface area (Å²) in [4.78, 5) is 60.0. The van der Waals surface area contributed by atoms with Crippen molar-refractivity contribution in [1.29, 1.82) is 0 Å². The number of carbonyl (C=O) groups is 4. The lowest BCUT2D eigenvalue weighted by Crippen LogP contribution is -2.44. The molecule has 4 N–H and O–H groups in total. The number of fused-ring (bicyclic) bond motifs is 2. The number of piperidine rings is 2. The Morgan fingerprint density at radius 1 is 1.02 bits per heavy atom. The number of nitrogens with zero attached hydrogens (tertiary/aromatic N) is 7. The third-order valence-electron chi connectivity index (χ3n) is 14.2. The molecule has 4 aromatic rings. The number of carbonyl (C=O) groups excluding carboxylic acids is 4. The summed E-state index contributed by atoms with van der Waals surface area (Å²) in [5.74, 6) is -1.51. The number of likely N-dealkylation sites (tertiary alicyclic amines) is 1. The summed E-state index contributed by atoms with van der Waals surface area (Å²) in [7, 11) is 1.76. The SMILES string of the molecule is CN1C(=O)C(C2CCC(=O)NC2=O)c2cccc(CCCOC3CCN(C[C@H]4CC[C@H](n5cc(NC(=O)c6cnn7ccc(N[C@H]8CCCC[C@H]8O)nc67)c(C(F)F)n5)CC4)CC3)c21. The van der Waals surface area contributed by atoms with Gasteiger partial charge < -0.3 is 30.3 Å². The van der Waals surface area contributed by atoms with Crippen LogP contribution >= 0.6 is 0 Å². The van der Waals surface area contributed by atoms with Gasteiger partial charge in [-0.3, -0.25) is 29.2 Å². The summed E-state index contributed by atoms with van der Waals surface area (Å²) in [6.45, 7) is 3.51. The molecule has 6 heterocycles. The molecule has 0 radical (unpaired) electrons. The summed E-state index contributed by atoms with van der Waals surface area (Å²) in [5, 5.41) is 27.3. The van der Waals surface area contributed by atoms with Crippen LogP contribution in [0.15, 0.2) is 42.9 Å². The molecule has 342 valence electrons. The molecule has 18 heteroatoms. The van der Waals surface area contributed by atoms with Gasteiger partial charge in [-0.1, -0.05) is 31.0 Å². The van der Waals surface area contributed by atoms with Crippen LogP contribution in [0.2, 0.25) is 0 Å². The van der Waals surface area contributed by atoms with E-state index in [1.807, 2.05) is 18.2 Å². The highest BCUT2D eigenvalue weighted by Crippen LogP contribution is 2.45. The van der Waals surface area contributed by atoms with Crippen molar-refractivity contribution in [2.24, 2.45) is 11.8 Å². The predicted molar refractivity (Wildman–Crippen MR) is 233 cm³/mol. The Morgan fingerprint density at radius 2 is 1.81 bits per heavy atom. The lowest BCUT2D eigenvalue weighted by molar-refractivity contribution is -0.139. The van der Waals surface area contributed by atoms with Crippen LogP contribution in [0, 0.1) is 11.8 Å². The number of likely N-dealkylation sites (N-methyl/N-ethyl adjacent to an activating group) is 1. The van der Waals surface area contributed by atoms with Gasteiger partial charge in [-0.2, -0.15) is 10.2 Å². The average molecular weight is 885 g/mol. The molecule has 3 aromatic heterocycles. The molecular weight excluding hydrogens is 827 g/mol. The second kappa shape index (κ2) is 19.0. The Bertz CT molecular complexity index is 2360. The van der Waals surface area contributed by atoms with Crippen molar-refractivity contribution in [3.63, 3.8) is 0 Å². The van der Waals surface area contributed by atoms with E-state index in [4.69, 9.17) is 4.74 Å². The fraction of sp³-hybridized carbons (Fsp3) is 0.587. The van der Waals surface area contributed by atoms with E-state index >= 15 is 0 Å². The molecule has 2 unspecified atom stereocenters. The van der Waals surface area contributed by atoms with E-state index in [9.17, 15) is 33.1 Å². The van der Waals surface area contributed by atoms with E-state index < -0.39 is 36.0 Å². The topological polar surface area (TPSA) is 188 Å². The zero-order chi connectivity index (χ0) is 44.5. The van der Waals surface area contributed by atoms with Crippen LogP contribution < -0.4 is 20.9 Å². The fourth-order valence-electron chi connectivity index (χ4n) is 10.7. The molecule has 16 nitrogen and oxygen atoms in total. The lowest BCUT2D eigenvalue weighted by atomic mass is 9.81. The molecule has 2 saturated heterocycles. The molecule has 1 aromatic carbocycles. The maximum atomic E-state index is 14.3. The lowest BCUT2D eigenvalue weighted by Gasteiger charge is -2.36. The van der Waals surface area contributed by atoms with Gasteiger partial charge in [0.05, 0.1) is 53.7 Å². The number of amides is 4. The summed E-state index contributed by atoms with van der Waals surface area (Å²) < 4.78 is 38.0. The number of aromatic nitrogens is 5. The highest BCUT2D eigenvalue weighted by molar-refractivity contribution is 6.10. The van der Waals surface area contributed by atoms with Gasteiger partial charge in [-0.05, 0) is 93.7 Å². The summed E-state index contributed by atoms with van der Waals surface area (Å²) >= 11 is 0. The van der Waals surface area contributed by atoms with Crippen molar-refractivity contribution in [3.05, 3.63) is 65.2 Å². The molecule has 0 spiro atoms. The van der Waals surface area contributed by atoms with Gasteiger partial charge >= 0.3 is 0 Å². The highest BCUT2D eigenvalue weighted by atomic mass is 19.3. The summed E-state index contributed by atoms with van der Waals surface area (Å²) in [6.07, 6.45) is 12.5. The molecular formula is C46H58F2N10O6. The Balaban J connectivity index is 0.720. The predicted octanol–water partition coefficient (Wildman–Crippen LogP) is 5.79. The molecule has 0 bridgehead atoms. The van der Waals surface area contributed by atoms with Gasteiger partial charge in [-0.25, -0.2) is 18.3 Å². The van der Waals surface area contributed by atoms with Crippen LogP contribution in [0.1, 0.15) is 129 Å². The number of hydrogen-bond donors (Lipinski definition) is 4. The highest BCUT2D eigenvalue weighted by Gasteiger charge is 2.45. The Morgan fingerprint density at radius 3 is 2.58 bits per heavy atom. The average Bonchev–Trinajstić information content (AvgIpc) is 3.98. The van der Waals surface area contributed by atoms with Crippen molar-refractivity contribution in [2.45, 2.75) is 127 Å². The third kappa shape index (κ3) is 9.27. The minimum absolute atomic E-state index is 0.0287. The van der Waals surface area contributed by atoms with Crippen molar-refractivity contribution in [1.82, 2.24) is 34.6 Å². The number of aliphatic hydroxyl groups excluding tert-OH is 1. The van der Waals surface area contributed by atoms with Crippen molar-refractivity contribution in [2.75, 3.05) is 48.8 Å². The molecule has 4 amide bonds. The van der Waals surface area contributed by atoms with E-state index in [1.54, 1.807) is 28.9 Å². The van der Waals surface area contributed by atoms with Crippen LogP contribution in [0.4, 0.5) is 26.0 Å². The maximum absolute atomic E-state index is 14.3. The van der Waals surface area contributed by atoms with Crippen LogP contribution in [-0.4, -0.2) is 110 Å². The molecule has 4 fully saturated rings. The normalized spacial score (nSPS) is 25.8. The minimum Gasteiger partial charge on any atom is -0.391 e. The van der Waals surface area contributed by atoms with E-state index in [2.05, 4.69) is 36.0 Å². The maximum Gasteiger partial charge on any atom is 0.284 e. The quantitative estimate of drug-likeness (QED) is 0.0887. The van der Waals surface area contributed by atoms with E-state index in [1.165, 1.54) is 16.9 Å². The molecule has 64 heavy (non-hydrogen) atoms. The zero-order valence-corrected chi connectivity index (χ0v) is 36.3. The number of alkyl halides is 2. The number of aryl methyl sites for hydroxylation is 1. The molecule has 9 rings (SSSR count). The molecule has 5 aliphatic rings. The van der Waals surface area contributed by atoms with Crippen LogP contribution in [0.25, 0.3) is 5.65 Å². The van der Waals surface area contributed by atoms with E-state index in [0.717, 1.165) is 107 Å². The number of para-hydroxylation sites is 1. The number of hydrogen-bond acceptors (Lipinski definition) is 11. The largest absolute Gasteiger partial charge is 0.391 e. The number of nitrogens with one attached hydrogen (secondary N) is 3. The Labute approximate surface area is 370 Å². The number of benzene rings is 1. The summed E-state index contributed by atoms with van der Waals surface area (Å²) in [5.41, 5.74) is 2.71. The third-order valence-corrected chi connectivity index (χ3v) is 14.2. The minimum atomic E-state index is -2.88. The van der Waals surface area contributed by atoms with Gasteiger partial charge in [0.1, 0.15) is 11.4 Å². The van der Waals surface area contributed by atoms with Crippen molar-refractivity contribution < 1.29 is 37.8 Å². The van der Waals surface area contributed by atoms with E-state index in [0.29, 0.717) is 31.2 Å². The monoisotopic (exact) mass is 884 g/mol. The Kier molecular flexibility index (Phi) is 13.0. The number of anilines is 3. The number of halogens is 2. The second-order valence-electron chi connectivity index (χ2n) is 18.3. The van der Waals surface area contributed by atoms with Crippen LogP contribution in [0.3, 0.4) is 0 Å². The first-order chi connectivity index (χ1) is 31.0. The standard InChI is InChI=1S/C46H58F2N10O6/c1-55-41-28(6-4-8-31(41)39(46(55)63)32-15-16-38(60)53-44(32)61)7-5-23-64-30-17-20-56(21-18-30)25-27-11-13-29(14-12-27)58-26-35(40(54-58)42(47)48)51-45(62)33-24-49-57-22-19-37(52-43(33)57)50-34-9-2-3-10-36(34)59/h4,6,8,19,22,24,26-27,29-30,32,34,36,39,42,59H,2-3,5,7,9-18,20-21,23,25H2,1H3,(H,50,52)(H,51,62)(H,53,60,61)/t27-,29-,32?,34-,36+,39?/m0/s1. The van der Waals surface area contributed by atoms with Gasteiger partial charge in [0.15, 0.2) is 11.3 Å². The van der Waals surface area contributed by atoms with E-state index in [-0.39, 0.29) is 59.2 Å². The van der Waals surface area contributed by atoms with Gasteiger partial charge in [0.2, 0.25) is 17.7 Å². The van der Waals surface area contributed by atoms with Crippen LogP contribution in [-0.2, 0) is 25.5 Å². The first kappa shape index (κ1) is 43.9. The molecule has 2 saturated carbocycles. The number of ether oxygens (including phenoxy) is 1. The fourth-order valence-corrected chi connectivity index (χ4v) is 10.7. The summed E-state index contributed by atoms with van der Waals surface area (Å²) in [6, 6.07) is 7.45. The zero-order valence-electron chi connectivity index (χ0n) is 36.3. The van der Waals surface area contributed by atoms with Crippen molar-refractivity contribution >= 4 is 46.5 Å². The van der Waals surface area contributed by atoms with Gasteiger partial charge in [0, 0.05) is 52.1 Å². The second-order valence-corrected chi connectivity index (χ2v) is 18.3. The first-order valence-electron chi connectivity index (χ1n) is 23.0. The Hall–Kier alpha value is -5.33. The van der Waals surface area contributed by atoms with Crippen molar-refractivity contribution in [3.8, 4) is 0 Å². The molecule has 4 atom stereocenters.